The number of ether oxygens (including phenoxy) is 1. The van der Waals surface area contributed by atoms with Gasteiger partial charge >= 0.3 is 7.12 Å². The third-order valence-corrected chi connectivity index (χ3v) is 7.43. The van der Waals surface area contributed by atoms with Crippen molar-refractivity contribution in [3.63, 3.8) is 0 Å². The highest BCUT2D eigenvalue weighted by Gasteiger charge is 2.51. The van der Waals surface area contributed by atoms with Crippen molar-refractivity contribution in [2.45, 2.75) is 76.7 Å². The average Bonchev–Trinajstić information content (AvgIpc) is 2.99. The molecule has 2 aliphatic rings. The number of benzene rings is 1. The molecule has 2 heterocycles. The van der Waals surface area contributed by atoms with E-state index in [9.17, 15) is 0 Å². The Morgan fingerprint density at radius 1 is 1.12 bits per heavy atom. The maximum Gasteiger partial charge on any atom is 0.494 e. The first-order chi connectivity index (χ1) is 15.2. The molecular formula is C24H37BN4O3. The quantitative estimate of drug-likeness (QED) is 0.663. The molecule has 0 atom stereocenters. The fraction of sp³-hybridized carbons (Fsp3) is 0.667. The van der Waals surface area contributed by atoms with Gasteiger partial charge in [0.1, 0.15) is 0 Å². The van der Waals surface area contributed by atoms with Gasteiger partial charge < -0.3 is 24.3 Å². The lowest BCUT2D eigenvalue weighted by molar-refractivity contribution is 0.00578. The lowest BCUT2D eigenvalue weighted by Crippen LogP contribution is -2.41. The van der Waals surface area contributed by atoms with Gasteiger partial charge in [-0.25, -0.2) is 9.97 Å². The van der Waals surface area contributed by atoms with Crippen LogP contribution < -0.4 is 10.8 Å². The second-order valence-electron chi connectivity index (χ2n) is 10.2. The highest BCUT2D eigenvalue weighted by Crippen LogP contribution is 2.36. The van der Waals surface area contributed by atoms with Crippen LogP contribution in [0.1, 0.15) is 53.4 Å². The van der Waals surface area contributed by atoms with E-state index in [2.05, 4.69) is 56.0 Å². The molecule has 0 radical (unpaired) electrons. The highest BCUT2D eigenvalue weighted by molar-refractivity contribution is 6.62. The van der Waals surface area contributed by atoms with Gasteiger partial charge in [-0.05, 0) is 72.0 Å². The number of anilines is 1. The van der Waals surface area contributed by atoms with E-state index in [-0.39, 0.29) is 18.3 Å². The van der Waals surface area contributed by atoms with Crippen molar-refractivity contribution in [2.24, 2.45) is 0 Å². The van der Waals surface area contributed by atoms with Crippen LogP contribution in [0.4, 0.5) is 5.95 Å². The van der Waals surface area contributed by atoms with Gasteiger partial charge in [0, 0.05) is 37.3 Å². The largest absolute Gasteiger partial charge is 0.494 e. The summed E-state index contributed by atoms with van der Waals surface area (Å²) in [6.45, 7) is 10.1. The standard InChI is InChI=1S/C24H37BN4O3/c1-23(2)24(3,4)32-25(31-23)18-7-12-21-17(15-18)16-26-22(28-21)27-19-8-10-20(11-9-19)29(5)13-14-30-6/h7,12,15-16,19-20H,8-11,13-14H2,1-6H3,(H,26,27,28). The molecular weight excluding hydrogens is 403 g/mol. The van der Waals surface area contributed by atoms with Crippen molar-refractivity contribution in [1.82, 2.24) is 14.9 Å². The molecule has 4 rings (SSSR count). The average molecular weight is 440 g/mol. The first-order valence-corrected chi connectivity index (χ1v) is 11.8. The van der Waals surface area contributed by atoms with Gasteiger partial charge in [-0.15, -0.1) is 0 Å². The van der Waals surface area contributed by atoms with Gasteiger partial charge in [0.05, 0.1) is 23.3 Å². The van der Waals surface area contributed by atoms with Crippen molar-refractivity contribution in [3.05, 3.63) is 24.4 Å². The molecule has 1 aliphatic carbocycles. The normalized spacial score (nSPS) is 24.9. The molecule has 8 heteroatoms. The van der Waals surface area contributed by atoms with E-state index in [1.807, 2.05) is 18.3 Å². The summed E-state index contributed by atoms with van der Waals surface area (Å²) >= 11 is 0. The first-order valence-electron chi connectivity index (χ1n) is 11.8. The summed E-state index contributed by atoms with van der Waals surface area (Å²) in [5, 5.41) is 4.54. The Kier molecular flexibility index (Phi) is 6.77. The summed E-state index contributed by atoms with van der Waals surface area (Å²) < 4.78 is 17.6. The number of rotatable bonds is 7. The maximum absolute atomic E-state index is 6.18. The zero-order valence-electron chi connectivity index (χ0n) is 20.4. The Balaban J connectivity index is 1.37. The van der Waals surface area contributed by atoms with E-state index >= 15 is 0 Å². The topological polar surface area (TPSA) is 68.7 Å². The minimum Gasteiger partial charge on any atom is -0.399 e. The molecule has 174 valence electrons. The Bertz CT molecular complexity index is 915. The number of nitrogens with one attached hydrogen (secondary N) is 1. The monoisotopic (exact) mass is 440 g/mol. The van der Waals surface area contributed by atoms with Crippen LogP contribution in [0.15, 0.2) is 24.4 Å². The summed E-state index contributed by atoms with van der Waals surface area (Å²) in [5.41, 5.74) is 1.22. The van der Waals surface area contributed by atoms with E-state index < -0.39 is 0 Å². The molecule has 1 aliphatic heterocycles. The van der Waals surface area contributed by atoms with Crippen LogP contribution in [0.3, 0.4) is 0 Å². The van der Waals surface area contributed by atoms with E-state index in [0.717, 1.165) is 42.4 Å². The van der Waals surface area contributed by atoms with Crippen molar-refractivity contribution >= 4 is 29.4 Å². The summed E-state index contributed by atoms with van der Waals surface area (Å²) in [6.07, 6.45) is 6.52. The minimum absolute atomic E-state index is 0.353. The lowest BCUT2D eigenvalue weighted by Gasteiger charge is -2.34. The van der Waals surface area contributed by atoms with Crippen LogP contribution in [0.5, 0.6) is 0 Å². The molecule has 1 aromatic carbocycles. The molecule has 0 spiro atoms. The minimum atomic E-state index is -0.376. The third kappa shape index (κ3) is 4.93. The van der Waals surface area contributed by atoms with Crippen LogP contribution in [0, 0.1) is 0 Å². The smallest absolute Gasteiger partial charge is 0.399 e. The number of methoxy groups -OCH3 is 1. The van der Waals surface area contributed by atoms with Gasteiger partial charge in [0.2, 0.25) is 5.95 Å². The number of hydrogen-bond acceptors (Lipinski definition) is 7. The Morgan fingerprint density at radius 2 is 1.81 bits per heavy atom. The summed E-state index contributed by atoms with van der Waals surface area (Å²) in [7, 11) is 3.58. The zero-order valence-corrected chi connectivity index (χ0v) is 20.4. The van der Waals surface area contributed by atoms with Crippen LogP contribution >= 0.6 is 0 Å². The number of likely N-dealkylation sites (N-methyl/N-ethyl adjacent to an activating group) is 1. The Morgan fingerprint density at radius 3 is 2.47 bits per heavy atom. The van der Waals surface area contributed by atoms with E-state index in [4.69, 9.17) is 19.0 Å². The van der Waals surface area contributed by atoms with Gasteiger partial charge in [0.25, 0.3) is 0 Å². The predicted octanol–water partition coefficient (Wildman–Crippen LogP) is 3.23. The SMILES string of the molecule is COCCN(C)C1CCC(Nc2ncc3cc(B4OC(C)(C)C(C)(C)O4)ccc3n2)CC1. The Labute approximate surface area is 192 Å². The Hall–Kier alpha value is -1.74. The van der Waals surface area contributed by atoms with E-state index in [1.54, 1.807) is 7.11 Å². The fourth-order valence-corrected chi connectivity index (χ4v) is 4.51. The number of nitrogens with zero attached hydrogens (tertiary/aromatic N) is 3. The molecule has 1 N–H and O–H groups in total. The van der Waals surface area contributed by atoms with Crippen molar-refractivity contribution in [3.8, 4) is 0 Å². The number of hydrogen-bond donors (Lipinski definition) is 1. The van der Waals surface area contributed by atoms with Crippen molar-refractivity contribution in [2.75, 3.05) is 32.6 Å². The summed E-state index contributed by atoms with van der Waals surface area (Å²) in [6, 6.07) is 7.20. The predicted molar refractivity (Wildman–Crippen MR) is 129 cm³/mol. The fourth-order valence-electron chi connectivity index (χ4n) is 4.51. The van der Waals surface area contributed by atoms with Gasteiger partial charge in [-0.1, -0.05) is 12.1 Å². The molecule has 1 aromatic heterocycles. The molecule has 1 saturated carbocycles. The van der Waals surface area contributed by atoms with Crippen LogP contribution in [0.25, 0.3) is 10.9 Å². The van der Waals surface area contributed by atoms with Crippen molar-refractivity contribution in [1.29, 1.82) is 0 Å². The number of fused-ring (bicyclic) bond motifs is 1. The van der Waals surface area contributed by atoms with E-state index in [1.165, 1.54) is 12.8 Å². The van der Waals surface area contributed by atoms with Crippen molar-refractivity contribution < 1.29 is 14.0 Å². The molecule has 0 unspecified atom stereocenters. The highest BCUT2D eigenvalue weighted by atomic mass is 16.7. The molecule has 2 fully saturated rings. The van der Waals surface area contributed by atoms with Gasteiger partial charge in [-0.2, -0.15) is 0 Å². The van der Waals surface area contributed by atoms with Crippen LogP contribution in [0.2, 0.25) is 0 Å². The van der Waals surface area contributed by atoms with Crippen LogP contribution in [-0.2, 0) is 14.0 Å². The van der Waals surface area contributed by atoms with Gasteiger partial charge in [0.15, 0.2) is 0 Å². The van der Waals surface area contributed by atoms with Crippen LogP contribution in [-0.4, -0.2) is 72.6 Å². The molecule has 0 bridgehead atoms. The maximum atomic E-state index is 6.18. The third-order valence-electron chi connectivity index (χ3n) is 7.43. The molecule has 32 heavy (non-hydrogen) atoms. The van der Waals surface area contributed by atoms with E-state index in [0.29, 0.717) is 18.0 Å². The molecule has 7 nitrogen and oxygen atoms in total. The number of aromatic nitrogens is 2. The molecule has 1 saturated heterocycles. The summed E-state index contributed by atoms with van der Waals surface area (Å²) in [5.74, 6) is 0.706. The van der Waals surface area contributed by atoms with Gasteiger partial charge in [-0.3, -0.25) is 0 Å². The summed E-state index contributed by atoms with van der Waals surface area (Å²) in [4.78, 5) is 11.8. The second-order valence-corrected chi connectivity index (χ2v) is 10.2. The second kappa shape index (κ2) is 9.25. The zero-order chi connectivity index (χ0) is 22.9. The first kappa shape index (κ1) is 23.4. The lowest BCUT2D eigenvalue weighted by atomic mass is 9.78. The molecule has 0 amide bonds. The molecule has 2 aromatic rings.